The molecule has 0 aliphatic carbocycles. The molecular formula is C26H38N6+2. The van der Waals surface area contributed by atoms with Crippen molar-refractivity contribution in [3.05, 3.63) is 90.0 Å². The van der Waals surface area contributed by atoms with E-state index >= 15 is 0 Å². The molecule has 4 aromatic rings. The van der Waals surface area contributed by atoms with E-state index < -0.39 is 0 Å². The predicted molar refractivity (Wildman–Crippen MR) is 127 cm³/mol. The van der Waals surface area contributed by atoms with Crippen LogP contribution in [0.25, 0.3) is 0 Å². The minimum atomic E-state index is 0.928. The zero-order valence-corrected chi connectivity index (χ0v) is 20.5. The van der Waals surface area contributed by atoms with E-state index in [4.69, 9.17) is 0 Å². The molecule has 4 rings (SSSR count). The number of aromatic nitrogens is 6. The second-order valence-electron chi connectivity index (χ2n) is 8.10. The van der Waals surface area contributed by atoms with Gasteiger partial charge in [-0.3, -0.25) is 0 Å². The average Bonchev–Trinajstić information content (AvgIpc) is 3.49. The van der Waals surface area contributed by atoms with E-state index in [0.717, 1.165) is 38.5 Å². The topological polar surface area (TPSA) is 35.4 Å². The lowest BCUT2D eigenvalue weighted by molar-refractivity contribution is -0.694. The van der Waals surface area contributed by atoms with Crippen molar-refractivity contribution in [2.75, 3.05) is 0 Å². The lowest BCUT2D eigenvalue weighted by atomic mass is 10.1. The van der Waals surface area contributed by atoms with Crippen LogP contribution in [0, 0.1) is 20.8 Å². The fraction of sp³-hybridized carbons (Fsp3) is 0.423. The molecular weight excluding hydrogens is 396 g/mol. The third kappa shape index (κ3) is 5.55. The van der Waals surface area contributed by atoms with Crippen LogP contribution in [0.4, 0.5) is 0 Å². The fourth-order valence-electron chi connectivity index (χ4n) is 3.97. The van der Waals surface area contributed by atoms with Crippen LogP contribution in [-0.2, 0) is 32.7 Å². The average molecular weight is 435 g/mol. The van der Waals surface area contributed by atoms with Crippen LogP contribution in [0.2, 0.25) is 0 Å². The standard InChI is InChI=1S/C20H28N4.C6H10N2/c1-5-21-11-13-23(17(21)3)15-19-7-9-20(10-8-19)16-24-14-12-22(6-2)18(24)4;1-3-8-5-4-7-6(8)2/h7-14H,5-6,15-16H2,1-4H3;4-5H,3H2,1-2H3/q+2;. The Labute approximate surface area is 192 Å². The lowest BCUT2D eigenvalue weighted by Gasteiger charge is -2.04. The summed E-state index contributed by atoms with van der Waals surface area (Å²) in [5.41, 5.74) is 2.68. The van der Waals surface area contributed by atoms with Gasteiger partial charge in [-0.2, -0.15) is 0 Å². The molecule has 0 saturated heterocycles. The van der Waals surface area contributed by atoms with E-state index in [1.165, 1.54) is 22.8 Å². The Balaban J connectivity index is 0.000000305. The Bertz CT molecular complexity index is 1040. The number of imidazole rings is 3. The van der Waals surface area contributed by atoms with E-state index in [9.17, 15) is 0 Å². The van der Waals surface area contributed by atoms with Gasteiger partial charge in [-0.25, -0.2) is 23.3 Å². The number of hydrogen-bond donors (Lipinski definition) is 0. The van der Waals surface area contributed by atoms with Gasteiger partial charge in [0.2, 0.25) is 0 Å². The van der Waals surface area contributed by atoms with Crippen LogP contribution < -0.4 is 9.13 Å². The van der Waals surface area contributed by atoms with Crippen LogP contribution in [0.3, 0.4) is 0 Å². The summed E-state index contributed by atoms with van der Waals surface area (Å²) < 4.78 is 11.2. The molecule has 0 radical (unpaired) electrons. The van der Waals surface area contributed by atoms with Gasteiger partial charge >= 0.3 is 0 Å². The van der Waals surface area contributed by atoms with Crippen LogP contribution in [-0.4, -0.2) is 18.7 Å². The summed E-state index contributed by atoms with van der Waals surface area (Å²) in [6.07, 6.45) is 12.4. The van der Waals surface area contributed by atoms with Crippen LogP contribution in [0.15, 0.2) is 61.4 Å². The van der Waals surface area contributed by atoms with E-state index in [1.807, 2.05) is 19.3 Å². The van der Waals surface area contributed by atoms with Gasteiger partial charge in [0.1, 0.15) is 43.7 Å². The highest BCUT2D eigenvalue weighted by Gasteiger charge is 2.13. The Kier molecular flexibility index (Phi) is 8.03. The van der Waals surface area contributed by atoms with Gasteiger partial charge in [0, 0.05) is 32.8 Å². The first kappa shape index (κ1) is 23.5. The van der Waals surface area contributed by atoms with Gasteiger partial charge in [0.25, 0.3) is 11.6 Å². The highest BCUT2D eigenvalue weighted by atomic mass is 15.1. The molecule has 1 aromatic carbocycles. The molecule has 170 valence electrons. The maximum absolute atomic E-state index is 4.05. The van der Waals surface area contributed by atoms with E-state index in [1.54, 1.807) is 0 Å². The van der Waals surface area contributed by atoms with Crippen molar-refractivity contribution in [1.29, 1.82) is 0 Å². The molecule has 0 spiro atoms. The molecule has 0 amide bonds. The third-order valence-corrected chi connectivity index (χ3v) is 6.19. The smallest absolute Gasteiger partial charge is 0.253 e. The molecule has 0 aliphatic rings. The van der Waals surface area contributed by atoms with Crippen molar-refractivity contribution >= 4 is 0 Å². The molecule has 3 heterocycles. The number of benzene rings is 1. The molecule has 0 atom stereocenters. The summed E-state index contributed by atoms with van der Waals surface area (Å²) >= 11 is 0. The second kappa shape index (κ2) is 10.9. The molecule has 0 fully saturated rings. The first-order valence-electron chi connectivity index (χ1n) is 11.6. The maximum atomic E-state index is 4.05. The molecule has 6 heteroatoms. The monoisotopic (exact) mass is 434 g/mol. The molecule has 0 unspecified atom stereocenters. The zero-order valence-electron chi connectivity index (χ0n) is 20.5. The first-order chi connectivity index (χ1) is 15.5. The predicted octanol–water partition coefficient (Wildman–Crippen LogP) is 3.83. The van der Waals surface area contributed by atoms with Gasteiger partial charge < -0.3 is 4.57 Å². The molecule has 0 bridgehead atoms. The molecule has 32 heavy (non-hydrogen) atoms. The highest BCUT2D eigenvalue weighted by molar-refractivity contribution is 5.21. The Morgan fingerprint density at radius 1 is 0.656 bits per heavy atom. The summed E-state index contributed by atoms with van der Waals surface area (Å²) in [4.78, 5) is 4.05. The van der Waals surface area contributed by atoms with Crippen molar-refractivity contribution in [3.63, 3.8) is 0 Å². The normalized spacial score (nSPS) is 10.8. The quantitative estimate of drug-likeness (QED) is 0.407. The fourth-order valence-corrected chi connectivity index (χ4v) is 3.97. The van der Waals surface area contributed by atoms with Gasteiger partial charge in [0.05, 0.1) is 13.1 Å². The summed E-state index contributed by atoms with van der Waals surface area (Å²) in [6, 6.07) is 8.99. The lowest BCUT2D eigenvalue weighted by Crippen LogP contribution is -2.36. The van der Waals surface area contributed by atoms with Crippen LogP contribution >= 0.6 is 0 Å². The van der Waals surface area contributed by atoms with Crippen molar-refractivity contribution in [2.24, 2.45) is 0 Å². The summed E-state index contributed by atoms with van der Waals surface area (Å²) in [7, 11) is 0. The summed E-state index contributed by atoms with van der Waals surface area (Å²) in [5.74, 6) is 3.69. The van der Waals surface area contributed by atoms with Gasteiger partial charge in [0.15, 0.2) is 0 Å². The van der Waals surface area contributed by atoms with Gasteiger partial charge in [-0.15, -0.1) is 0 Å². The van der Waals surface area contributed by atoms with Crippen molar-refractivity contribution in [3.8, 4) is 0 Å². The van der Waals surface area contributed by atoms with Gasteiger partial charge in [-0.1, -0.05) is 24.3 Å². The number of rotatable bonds is 7. The molecule has 3 aromatic heterocycles. The molecule has 0 aliphatic heterocycles. The maximum Gasteiger partial charge on any atom is 0.253 e. The van der Waals surface area contributed by atoms with E-state index in [-0.39, 0.29) is 0 Å². The van der Waals surface area contributed by atoms with Crippen molar-refractivity contribution < 1.29 is 9.13 Å². The van der Waals surface area contributed by atoms with E-state index in [2.05, 4.69) is 111 Å². The largest absolute Gasteiger partial charge is 0.335 e. The van der Waals surface area contributed by atoms with Gasteiger partial charge in [-0.05, 0) is 38.8 Å². The summed E-state index contributed by atoms with van der Waals surface area (Å²) in [5, 5.41) is 0. The van der Waals surface area contributed by atoms with Crippen molar-refractivity contribution in [2.45, 2.75) is 74.3 Å². The van der Waals surface area contributed by atoms with Crippen LogP contribution in [0.5, 0.6) is 0 Å². The minimum Gasteiger partial charge on any atom is -0.335 e. The highest BCUT2D eigenvalue weighted by Crippen LogP contribution is 2.06. The Hall–Kier alpha value is -3.15. The number of nitrogens with zero attached hydrogens (tertiary/aromatic N) is 6. The first-order valence-corrected chi connectivity index (χ1v) is 11.6. The number of aryl methyl sites for hydroxylation is 4. The Morgan fingerprint density at radius 2 is 1.09 bits per heavy atom. The number of hydrogen-bond acceptors (Lipinski definition) is 1. The van der Waals surface area contributed by atoms with E-state index in [0.29, 0.717) is 0 Å². The second-order valence-corrected chi connectivity index (χ2v) is 8.10. The SMILES string of the molecule is CCn1cc[n+](Cc2ccc(C[n+]3ccn(CC)c3C)cc2)c1C.CCn1ccnc1C. The summed E-state index contributed by atoms with van der Waals surface area (Å²) in [6.45, 7) is 17.7. The third-order valence-electron chi connectivity index (χ3n) is 6.19. The van der Waals surface area contributed by atoms with Crippen LogP contribution in [0.1, 0.15) is 49.4 Å². The minimum absolute atomic E-state index is 0.928. The molecule has 6 nitrogen and oxygen atoms in total. The molecule has 0 saturated carbocycles. The molecule has 0 N–H and O–H groups in total. The zero-order chi connectivity index (χ0) is 23.1. The van der Waals surface area contributed by atoms with Crippen molar-refractivity contribution in [1.82, 2.24) is 18.7 Å². The Morgan fingerprint density at radius 3 is 1.38 bits per heavy atom.